The number of rotatable bonds is 1. The van der Waals surface area contributed by atoms with Crippen molar-refractivity contribution in [1.82, 2.24) is 9.97 Å². The van der Waals surface area contributed by atoms with E-state index in [4.69, 9.17) is 0 Å². The zero-order chi connectivity index (χ0) is 11.8. The van der Waals surface area contributed by atoms with E-state index in [1.165, 1.54) is 18.3 Å². The molecular weight excluding hydrogens is 241 g/mol. The summed E-state index contributed by atoms with van der Waals surface area (Å²) in [5.74, 6) is 0. The number of aromatic nitrogens is 2. The summed E-state index contributed by atoms with van der Waals surface area (Å²) in [6.07, 6.45) is -1.97. The fraction of sp³-hybridized carbons (Fsp3) is 0.111. The van der Waals surface area contributed by atoms with Gasteiger partial charge in [0.05, 0.1) is 10.6 Å². The average molecular weight is 246 g/mol. The molecule has 0 fully saturated rings. The Balaban J connectivity index is 2.43. The Morgan fingerprint density at radius 1 is 1.38 bits per heavy atom. The summed E-state index contributed by atoms with van der Waals surface area (Å²) < 4.78 is 36.8. The van der Waals surface area contributed by atoms with Crippen LogP contribution < -0.4 is 5.43 Å². The molecule has 3 nitrogen and oxygen atoms in total. The van der Waals surface area contributed by atoms with Crippen molar-refractivity contribution in [1.29, 1.82) is 0 Å². The Hall–Kier alpha value is -1.63. The SMILES string of the molecule is O=c1cc[nH]c(-c2cnc(C(F)(F)F)s2)c1. The van der Waals surface area contributed by atoms with Crippen molar-refractivity contribution in [3.63, 3.8) is 0 Å². The van der Waals surface area contributed by atoms with Gasteiger partial charge in [0.15, 0.2) is 10.4 Å². The summed E-state index contributed by atoms with van der Waals surface area (Å²) in [7, 11) is 0. The number of thiazole rings is 1. The predicted octanol–water partition coefficient (Wildman–Crippen LogP) is 2.52. The minimum Gasteiger partial charge on any atom is -0.360 e. The summed E-state index contributed by atoms with van der Waals surface area (Å²) in [5, 5.41) is -0.924. The van der Waals surface area contributed by atoms with Crippen molar-refractivity contribution in [3.8, 4) is 10.6 Å². The highest BCUT2D eigenvalue weighted by molar-refractivity contribution is 7.15. The van der Waals surface area contributed by atoms with Gasteiger partial charge in [-0.1, -0.05) is 0 Å². The molecule has 1 N–H and O–H groups in total. The average Bonchev–Trinajstić information content (AvgIpc) is 2.65. The van der Waals surface area contributed by atoms with Crippen LogP contribution in [0.1, 0.15) is 5.01 Å². The van der Waals surface area contributed by atoms with Crippen LogP contribution in [-0.2, 0) is 6.18 Å². The number of nitrogens with zero attached hydrogens (tertiary/aromatic N) is 1. The lowest BCUT2D eigenvalue weighted by Gasteiger charge is -1.99. The van der Waals surface area contributed by atoms with E-state index in [-0.39, 0.29) is 10.3 Å². The molecule has 2 aromatic heterocycles. The summed E-state index contributed by atoms with van der Waals surface area (Å²) in [4.78, 5) is 17.3. The lowest BCUT2D eigenvalue weighted by atomic mass is 10.3. The standard InChI is InChI=1S/C9H5F3N2OS/c10-9(11,12)8-14-4-7(16-8)6-3-5(15)1-2-13-6/h1-4H,(H,13,15). The van der Waals surface area contributed by atoms with Gasteiger partial charge in [-0.3, -0.25) is 4.79 Å². The second kappa shape index (κ2) is 3.75. The van der Waals surface area contributed by atoms with Crippen LogP contribution in [0.3, 0.4) is 0 Å². The molecule has 0 radical (unpaired) electrons. The van der Waals surface area contributed by atoms with Gasteiger partial charge in [-0.05, 0) is 0 Å². The van der Waals surface area contributed by atoms with Crippen molar-refractivity contribution < 1.29 is 13.2 Å². The summed E-state index contributed by atoms with van der Waals surface area (Å²) in [6, 6.07) is 2.52. The van der Waals surface area contributed by atoms with Crippen LogP contribution in [0.4, 0.5) is 13.2 Å². The molecule has 0 spiro atoms. The predicted molar refractivity (Wildman–Crippen MR) is 53.2 cm³/mol. The first-order valence-corrected chi connectivity index (χ1v) is 5.00. The minimum absolute atomic E-state index is 0.268. The van der Waals surface area contributed by atoms with E-state index in [1.807, 2.05) is 0 Å². The van der Waals surface area contributed by atoms with Crippen LogP contribution in [0.5, 0.6) is 0 Å². The van der Waals surface area contributed by atoms with E-state index in [1.54, 1.807) is 0 Å². The van der Waals surface area contributed by atoms with Gasteiger partial charge in [0.1, 0.15) is 0 Å². The molecule has 0 atom stereocenters. The Labute approximate surface area is 91.6 Å². The Morgan fingerprint density at radius 2 is 2.12 bits per heavy atom. The highest BCUT2D eigenvalue weighted by Gasteiger charge is 2.34. The molecule has 16 heavy (non-hydrogen) atoms. The third-order valence-electron chi connectivity index (χ3n) is 1.79. The highest BCUT2D eigenvalue weighted by atomic mass is 32.1. The maximum atomic E-state index is 12.3. The number of alkyl halides is 3. The lowest BCUT2D eigenvalue weighted by Crippen LogP contribution is -2.02. The number of hydrogen-bond donors (Lipinski definition) is 1. The molecule has 0 unspecified atom stereocenters. The molecule has 2 aromatic rings. The van der Waals surface area contributed by atoms with E-state index in [9.17, 15) is 18.0 Å². The van der Waals surface area contributed by atoms with Crippen molar-refractivity contribution in [2.24, 2.45) is 0 Å². The molecule has 0 aliphatic heterocycles. The molecule has 0 bridgehead atoms. The van der Waals surface area contributed by atoms with Crippen LogP contribution in [0.25, 0.3) is 10.6 Å². The van der Waals surface area contributed by atoms with Crippen LogP contribution in [-0.4, -0.2) is 9.97 Å². The third-order valence-corrected chi connectivity index (χ3v) is 2.86. The summed E-state index contributed by atoms with van der Waals surface area (Å²) >= 11 is 0.495. The zero-order valence-corrected chi connectivity index (χ0v) is 8.52. The smallest absolute Gasteiger partial charge is 0.360 e. The molecule has 84 valence electrons. The molecule has 0 aliphatic rings. The quantitative estimate of drug-likeness (QED) is 0.840. The fourth-order valence-corrected chi connectivity index (χ4v) is 1.88. The number of pyridine rings is 1. The van der Waals surface area contributed by atoms with Crippen LogP contribution in [0, 0.1) is 0 Å². The van der Waals surface area contributed by atoms with Crippen molar-refractivity contribution in [3.05, 3.63) is 39.8 Å². The second-order valence-corrected chi connectivity index (χ2v) is 4.00. The maximum Gasteiger partial charge on any atom is 0.443 e. The first-order chi connectivity index (χ1) is 7.47. The maximum absolute atomic E-state index is 12.3. The van der Waals surface area contributed by atoms with E-state index in [2.05, 4.69) is 9.97 Å². The van der Waals surface area contributed by atoms with Gasteiger partial charge in [-0.2, -0.15) is 13.2 Å². The van der Waals surface area contributed by atoms with Gasteiger partial charge in [0.2, 0.25) is 0 Å². The highest BCUT2D eigenvalue weighted by Crippen LogP contribution is 2.35. The lowest BCUT2D eigenvalue weighted by molar-refractivity contribution is -0.137. The molecule has 0 saturated carbocycles. The third kappa shape index (κ3) is 2.13. The van der Waals surface area contributed by atoms with Gasteiger partial charge < -0.3 is 4.98 Å². The van der Waals surface area contributed by atoms with Crippen molar-refractivity contribution in [2.45, 2.75) is 6.18 Å². The molecule has 0 amide bonds. The number of nitrogens with one attached hydrogen (secondary N) is 1. The van der Waals surface area contributed by atoms with Crippen LogP contribution >= 0.6 is 11.3 Å². The summed E-state index contributed by atoms with van der Waals surface area (Å²) in [6.45, 7) is 0. The van der Waals surface area contributed by atoms with Crippen molar-refractivity contribution >= 4 is 11.3 Å². The molecule has 0 aliphatic carbocycles. The number of H-pyrrole nitrogens is 1. The van der Waals surface area contributed by atoms with Gasteiger partial charge >= 0.3 is 6.18 Å². The fourth-order valence-electron chi connectivity index (χ4n) is 1.12. The molecule has 2 rings (SSSR count). The molecular formula is C9H5F3N2OS. The van der Waals surface area contributed by atoms with Gasteiger partial charge in [-0.15, -0.1) is 11.3 Å². The van der Waals surface area contributed by atoms with Crippen molar-refractivity contribution in [2.75, 3.05) is 0 Å². The Kier molecular flexibility index (Phi) is 2.55. The van der Waals surface area contributed by atoms with Gasteiger partial charge in [0, 0.05) is 24.5 Å². The Bertz CT molecular complexity index is 558. The molecule has 0 aromatic carbocycles. The number of aromatic amines is 1. The van der Waals surface area contributed by atoms with E-state index in [0.29, 0.717) is 17.0 Å². The molecule has 0 saturated heterocycles. The molecule has 7 heteroatoms. The summed E-state index contributed by atoms with van der Waals surface area (Å²) in [5.41, 5.74) is 0.0659. The minimum atomic E-state index is -4.45. The number of hydrogen-bond acceptors (Lipinski definition) is 3. The topological polar surface area (TPSA) is 45.8 Å². The first kappa shape index (κ1) is 10.9. The normalized spacial score (nSPS) is 11.7. The van der Waals surface area contributed by atoms with Gasteiger partial charge in [0.25, 0.3) is 0 Å². The van der Waals surface area contributed by atoms with E-state index >= 15 is 0 Å². The zero-order valence-electron chi connectivity index (χ0n) is 7.71. The monoisotopic (exact) mass is 246 g/mol. The Morgan fingerprint density at radius 3 is 2.69 bits per heavy atom. The van der Waals surface area contributed by atoms with E-state index < -0.39 is 11.2 Å². The van der Waals surface area contributed by atoms with Crippen LogP contribution in [0.2, 0.25) is 0 Å². The molecule has 2 heterocycles. The van der Waals surface area contributed by atoms with Crippen LogP contribution in [0.15, 0.2) is 29.3 Å². The van der Waals surface area contributed by atoms with E-state index in [0.717, 1.165) is 6.20 Å². The van der Waals surface area contributed by atoms with Gasteiger partial charge in [-0.25, -0.2) is 4.98 Å². The largest absolute Gasteiger partial charge is 0.443 e. The first-order valence-electron chi connectivity index (χ1n) is 4.19. The number of halogens is 3. The second-order valence-electron chi connectivity index (χ2n) is 2.97.